The molecule has 1 saturated carbocycles. The lowest BCUT2D eigenvalue weighted by Crippen LogP contribution is -2.54. The maximum Gasteiger partial charge on any atom is 0.226 e. The monoisotopic (exact) mass is 256 g/mol. The van der Waals surface area contributed by atoms with Gasteiger partial charge in [-0.1, -0.05) is 0 Å². The minimum atomic E-state index is -0.226. The second-order valence-electron chi connectivity index (χ2n) is 5.59. The molecule has 1 heterocycles. The van der Waals surface area contributed by atoms with Crippen molar-refractivity contribution in [3.63, 3.8) is 0 Å². The molecule has 5 heteroatoms. The molecular weight excluding hydrogens is 232 g/mol. The van der Waals surface area contributed by atoms with Crippen molar-refractivity contribution in [2.75, 3.05) is 19.8 Å². The highest BCUT2D eigenvalue weighted by molar-refractivity contribution is 5.79. The van der Waals surface area contributed by atoms with E-state index in [0.29, 0.717) is 13.2 Å². The summed E-state index contributed by atoms with van der Waals surface area (Å²) < 4.78 is 5.46. The van der Waals surface area contributed by atoms with E-state index in [0.717, 1.165) is 25.7 Å². The van der Waals surface area contributed by atoms with Crippen LogP contribution in [0, 0.1) is 5.92 Å². The van der Waals surface area contributed by atoms with Crippen molar-refractivity contribution in [3.8, 4) is 0 Å². The second kappa shape index (κ2) is 5.99. The van der Waals surface area contributed by atoms with E-state index in [2.05, 4.69) is 0 Å². The number of morpholine rings is 1. The Morgan fingerprint density at radius 2 is 2.06 bits per heavy atom. The van der Waals surface area contributed by atoms with Gasteiger partial charge in [0.2, 0.25) is 5.91 Å². The number of hydrogen-bond acceptors (Lipinski definition) is 4. The van der Waals surface area contributed by atoms with E-state index in [1.165, 1.54) is 0 Å². The third kappa shape index (κ3) is 3.02. The van der Waals surface area contributed by atoms with Crippen LogP contribution in [0.15, 0.2) is 0 Å². The lowest BCUT2D eigenvalue weighted by atomic mass is 9.85. The van der Waals surface area contributed by atoms with Gasteiger partial charge < -0.3 is 20.5 Å². The Hall–Kier alpha value is -0.650. The lowest BCUT2D eigenvalue weighted by Gasteiger charge is -2.40. The summed E-state index contributed by atoms with van der Waals surface area (Å²) in [6, 6.07) is 0.372. The molecule has 0 aromatic heterocycles. The van der Waals surface area contributed by atoms with Crippen molar-refractivity contribution in [1.82, 2.24) is 4.90 Å². The van der Waals surface area contributed by atoms with Crippen molar-refractivity contribution in [1.29, 1.82) is 0 Å². The average molecular weight is 256 g/mol. The Morgan fingerprint density at radius 1 is 1.39 bits per heavy atom. The topological polar surface area (TPSA) is 75.8 Å². The first kappa shape index (κ1) is 13.8. The molecule has 1 aliphatic carbocycles. The van der Waals surface area contributed by atoms with Crippen LogP contribution in [0.3, 0.4) is 0 Å². The normalized spacial score (nSPS) is 37.6. The Bertz CT molecular complexity index is 290. The predicted octanol–water partition coefficient (Wildman–Crippen LogP) is 0.112. The third-order valence-corrected chi connectivity index (χ3v) is 4.11. The highest BCUT2D eigenvalue weighted by Crippen LogP contribution is 2.26. The van der Waals surface area contributed by atoms with Gasteiger partial charge in [-0.2, -0.15) is 0 Å². The Labute approximate surface area is 108 Å². The molecule has 104 valence electrons. The quantitative estimate of drug-likeness (QED) is 0.735. The zero-order valence-corrected chi connectivity index (χ0v) is 11.0. The van der Waals surface area contributed by atoms with Crippen LogP contribution in [0.4, 0.5) is 0 Å². The fraction of sp³-hybridized carbons (Fsp3) is 0.923. The number of ether oxygens (including phenoxy) is 1. The first-order valence-corrected chi connectivity index (χ1v) is 6.90. The van der Waals surface area contributed by atoms with Crippen molar-refractivity contribution in [3.05, 3.63) is 0 Å². The van der Waals surface area contributed by atoms with Gasteiger partial charge in [0.05, 0.1) is 25.4 Å². The molecule has 0 spiro atoms. The standard InChI is InChI=1S/C13H24N2O3/c1-9-8-18-12(7-16)6-15(9)13(17)10-2-4-11(14)5-3-10/h9-12,16H,2-8,14H2,1H3. The van der Waals surface area contributed by atoms with E-state index in [1.807, 2.05) is 11.8 Å². The fourth-order valence-electron chi connectivity index (χ4n) is 2.84. The Kier molecular flexibility index (Phi) is 4.59. The summed E-state index contributed by atoms with van der Waals surface area (Å²) in [7, 11) is 0. The van der Waals surface area contributed by atoms with Crippen LogP contribution in [0.1, 0.15) is 32.6 Å². The fourth-order valence-corrected chi connectivity index (χ4v) is 2.84. The molecule has 18 heavy (non-hydrogen) atoms. The number of aliphatic hydroxyl groups excluding tert-OH is 1. The van der Waals surface area contributed by atoms with Crippen LogP contribution in [-0.2, 0) is 9.53 Å². The van der Waals surface area contributed by atoms with Gasteiger partial charge in [-0.15, -0.1) is 0 Å². The SMILES string of the molecule is CC1COC(CO)CN1C(=O)C1CCC(N)CC1. The number of carbonyl (C=O) groups is 1. The maximum atomic E-state index is 12.5. The molecule has 0 radical (unpaired) electrons. The van der Waals surface area contributed by atoms with E-state index < -0.39 is 0 Å². The third-order valence-electron chi connectivity index (χ3n) is 4.11. The minimum Gasteiger partial charge on any atom is -0.394 e. The number of carbonyl (C=O) groups excluding carboxylic acids is 1. The minimum absolute atomic E-state index is 0.0218. The van der Waals surface area contributed by atoms with E-state index >= 15 is 0 Å². The summed E-state index contributed by atoms with van der Waals surface area (Å²) in [5.41, 5.74) is 5.87. The number of hydrogen-bond donors (Lipinski definition) is 2. The molecule has 2 atom stereocenters. The highest BCUT2D eigenvalue weighted by Gasteiger charge is 2.34. The summed E-state index contributed by atoms with van der Waals surface area (Å²) in [6.07, 6.45) is 3.45. The lowest BCUT2D eigenvalue weighted by molar-refractivity contribution is -0.151. The smallest absolute Gasteiger partial charge is 0.226 e. The molecular formula is C13H24N2O3. The molecule has 2 unspecified atom stereocenters. The van der Waals surface area contributed by atoms with Gasteiger partial charge in [0.1, 0.15) is 0 Å². The number of nitrogens with zero attached hydrogens (tertiary/aromatic N) is 1. The van der Waals surface area contributed by atoms with Gasteiger partial charge in [0.25, 0.3) is 0 Å². The van der Waals surface area contributed by atoms with Crippen LogP contribution in [-0.4, -0.2) is 53.9 Å². The molecule has 1 amide bonds. The summed E-state index contributed by atoms with van der Waals surface area (Å²) >= 11 is 0. The van der Waals surface area contributed by atoms with Gasteiger partial charge in [-0.05, 0) is 32.6 Å². The zero-order valence-electron chi connectivity index (χ0n) is 11.0. The second-order valence-corrected chi connectivity index (χ2v) is 5.59. The molecule has 2 aliphatic rings. The first-order valence-electron chi connectivity index (χ1n) is 6.90. The van der Waals surface area contributed by atoms with Gasteiger partial charge in [-0.25, -0.2) is 0 Å². The van der Waals surface area contributed by atoms with Crippen molar-refractivity contribution < 1.29 is 14.6 Å². The summed E-state index contributed by atoms with van der Waals surface area (Å²) in [5, 5.41) is 9.14. The van der Waals surface area contributed by atoms with Crippen LogP contribution >= 0.6 is 0 Å². The van der Waals surface area contributed by atoms with E-state index in [1.54, 1.807) is 0 Å². The molecule has 5 nitrogen and oxygen atoms in total. The number of rotatable bonds is 2. The van der Waals surface area contributed by atoms with E-state index in [4.69, 9.17) is 15.6 Å². The Balaban J connectivity index is 1.94. The molecule has 2 rings (SSSR count). The predicted molar refractivity (Wildman–Crippen MR) is 67.9 cm³/mol. The van der Waals surface area contributed by atoms with E-state index in [9.17, 15) is 4.79 Å². The van der Waals surface area contributed by atoms with Crippen LogP contribution in [0.5, 0.6) is 0 Å². The largest absolute Gasteiger partial charge is 0.394 e. The summed E-state index contributed by atoms with van der Waals surface area (Å²) in [6.45, 7) is 3.01. The number of aliphatic hydroxyl groups is 1. The van der Waals surface area contributed by atoms with Gasteiger partial charge >= 0.3 is 0 Å². The van der Waals surface area contributed by atoms with Gasteiger partial charge in [0, 0.05) is 18.5 Å². The molecule has 0 bridgehead atoms. The summed E-state index contributed by atoms with van der Waals surface area (Å²) in [4.78, 5) is 14.4. The van der Waals surface area contributed by atoms with Gasteiger partial charge in [-0.3, -0.25) is 4.79 Å². The Morgan fingerprint density at radius 3 is 2.67 bits per heavy atom. The number of nitrogens with two attached hydrogens (primary N) is 1. The summed E-state index contributed by atoms with van der Waals surface area (Å²) in [5.74, 6) is 0.334. The number of amides is 1. The zero-order chi connectivity index (χ0) is 13.1. The molecule has 3 N–H and O–H groups in total. The highest BCUT2D eigenvalue weighted by atomic mass is 16.5. The maximum absolute atomic E-state index is 12.5. The first-order chi connectivity index (χ1) is 8.61. The van der Waals surface area contributed by atoms with Crippen LogP contribution in [0.2, 0.25) is 0 Å². The average Bonchev–Trinajstić information content (AvgIpc) is 2.39. The molecule has 1 saturated heterocycles. The molecule has 0 aromatic carbocycles. The van der Waals surface area contributed by atoms with Crippen LogP contribution in [0.25, 0.3) is 0 Å². The molecule has 0 aromatic rings. The molecule has 1 aliphatic heterocycles. The van der Waals surface area contributed by atoms with Crippen molar-refractivity contribution in [2.45, 2.75) is 50.8 Å². The molecule has 2 fully saturated rings. The van der Waals surface area contributed by atoms with E-state index in [-0.39, 0.29) is 36.6 Å². The van der Waals surface area contributed by atoms with Gasteiger partial charge in [0.15, 0.2) is 0 Å². The van der Waals surface area contributed by atoms with Crippen molar-refractivity contribution in [2.24, 2.45) is 11.7 Å². The van der Waals surface area contributed by atoms with Crippen LogP contribution < -0.4 is 5.73 Å². The van der Waals surface area contributed by atoms with Crippen molar-refractivity contribution >= 4 is 5.91 Å².